The first-order valence-electron chi connectivity index (χ1n) is 6.10. The van der Waals surface area contributed by atoms with Crippen LogP contribution in [0.3, 0.4) is 0 Å². The van der Waals surface area contributed by atoms with Gasteiger partial charge < -0.3 is 9.47 Å². The summed E-state index contributed by atoms with van der Waals surface area (Å²) < 4.78 is 10.7. The summed E-state index contributed by atoms with van der Waals surface area (Å²) in [5.74, 6) is 1.31. The van der Waals surface area contributed by atoms with Crippen LogP contribution in [0.5, 0.6) is 17.4 Å². The maximum atomic E-state index is 10.7. The molecule has 1 aromatic heterocycles. The van der Waals surface area contributed by atoms with Crippen LogP contribution in [-0.4, -0.2) is 16.5 Å². The molecule has 7 nitrogen and oxygen atoms in total. The lowest BCUT2D eigenvalue weighted by atomic mass is 10.3. The van der Waals surface area contributed by atoms with Gasteiger partial charge in [0.25, 0.3) is 0 Å². The molecule has 0 saturated carbocycles. The fourth-order valence-corrected chi connectivity index (χ4v) is 1.61. The molecule has 2 aromatic rings. The van der Waals surface area contributed by atoms with Crippen molar-refractivity contribution < 1.29 is 14.4 Å². The van der Waals surface area contributed by atoms with Gasteiger partial charge in [-0.05, 0) is 31.2 Å². The molecule has 0 unspecified atom stereocenters. The summed E-state index contributed by atoms with van der Waals surface area (Å²) in [6.45, 7) is 2.45. The number of ether oxygens (including phenoxy) is 2. The molecule has 0 N–H and O–H groups in total. The van der Waals surface area contributed by atoms with E-state index in [-0.39, 0.29) is 17.3 Å². The molecular formula is C14H11N3O4. The molecule has 0 fully saturated rings. The second kappa shape index (κ2) is 6.34. The van der Waals surface area contributed by atoms with Crippen molar-refractivity contribution in [3.8, 4) is 23.4 Å². The first kappa shape index (κ1) is 14.3. The van der Waals surface area contributed by atoms with Crippen molar-refractivity contribution in [1.29, 1.82) is 5.26 Å². The Kier molecular flexibility index (Phi) is 4.31. The van der Waals surface area contributed by atoms with E-state index in [0.29, 0.717) is 18.1 Å². The Morgan fingerprint density at radius 1 is 1.24 bits per heavy atom. The van der Waals surface area contributed by atoms with Gasteiger partial charge in [0.15, 0.2) is 0 Å². The minimum Gasteiger partial charge on any atom is -0.494 e. The predicted molar refractivity (Wildman–Crippen MR) is 73.3 cm³/mol. The molecule has 0 aliphatic heterocycles. The summed E-state index contributed by atoms with van der Waals surface area (Å²) in [6, 6.07) is 11.0. The van der Waals surface area contributed by atoms with Gasteiger partial charge in [0.2, 0.25) is 11.6 Å². The Labute approximate surface area is 120 Å². The Balaban J connectivity index is 2.20. The highest BCUT2D eigenvalue weighted by atomic mass is 16.6. The lowest BCUT2D eigenvalue weighted by molar-refractivity contribution is -0.385. The van der Waals surface area contributed by atoms with Crippen molar-refractivity contribution in [1.82, 2.24) is 4.98 Å². The van der Waals surface area contributed by atoms with Crippen LogP contribution in [0.2, 0.25) is 0 Å². The summed E-state index contributed by atoms with van der Waals surface area (Å²) in [6.07, 6.45) is 0. The van der Waals surface area contributed by atoms with Crippen LogP contribution in [0.4, 0.5) is 5.69 Å². The van der Waals surface area contributed by atoms with Crippen molar-refractivity contribution in [2.75, 3.05) is 6.61 Å². The van der Waals surface area contributed by atoms with Crippen molar-refractivity contribution >= 4 is 5.69 Å². The van der Waals surface area contributed by atoms with Crippen molar-refractivity contribution in [3.63, 3.8) is 0 Å². The molecule has 0 saturated heterocycles. The van der Waals surface area contributed by atoms with Gasteiger partial charge in [-0.3, -0.25) is 10.1 Å². The molecule has 7 heteroatoms. The zero-order valence-corrected chi connectivity index (χ0v) is 11.1. The number of benzene rings is 1. The molecule has 0 amide bonds. The number of pyridine rings is 1. The van der Waals surface area contributed by atoms with Gasteiger partial charge in [-0.25, -0.2) is 0 Å². The molecule has 106 valence electrons. The van der Waals surface area contributed by atoms with E-state index in [4.69, 9.17) is 14.7 Å². The largest absolute Gasteiger partial charge is 0.494 e. The average molecular weight is 285 g/mol. The van der Waals surface area contributed by atoms with E-state index < -0.39 is 4.92 Å². The molecule has 0 aliphatic carbocycles. The van der Waals surface area contributed by atoms with E-state index in [0.717, 1.165) is 0 Å². The summed E-state index contributed by atoms with van der Waals surface area (Å²) in [5.41, 5.74) is -0.639. The third kappa shape index (κ3) is 3.45. The van der Waals surface area contributed by atoms with E-state index in [1.54, 1.807) is 30.3 Å². The van der Waals surface area contributed by atoms with Crippen molar-refractivity contribution in [2.24, 2.45) is 0 Å². The molecular weight excluding hydrogens is 274 g/mol. The van der Waals surface area contributed by atoms with Crippen LogP contribution in [0.1, 0.15) is 12.6 Å². The fraction of sp³-hybridized carbons (Fsp3) is 0.143. The Bertz CT molecular complexity index is 692. The number of nitriles is 1. The molecule has 0 spiro atoms. The van der Waals surface area contributed by atoms with Crippen LogP contribution in [0.15, 0.2) is 36.4 Å². The van der Waals surface area contributed by atoms with E-state index in [2.05, 4.69) is 4.98 Å². The summed E-state index contributed by atoms with van der Waals surface area (Å²) >= 11 is 0. The van der Waals surface area contributed by atoms with Crippen LogP contribution in [0.25, 0.3) is 0 Å². The zero-order valence-electron chi connectivity index (χ0n) is 11.1. The lowest BCUT2D eigenvalue weighted by Gasteiger charge is -2.06. The molecule has 0 atom stereocenters. The minimum absolute atomic E-state index is 0.112. The van der Waals surface area contributed by atoms with Gasteiger partial charge in [0.05, 0.1) is 11.5 Å². The predicted octanol–water partition coefficient (Wildman–Crippen LogP) is 3.05. The summed E-state index contributed by atoms with van der Waals surface area (Å²) in [5, 5.41) is 19.6. The topological polar surface area (TPSA) is 98.3 Å². The lowest BCUT2D eigenvalue weighted by Crippen LogP contribution is -1.97. The van der Waals surface area contributed by atoms with E-state index in [1.807, 2.05) is 6.92 Å². The third-order valence-electron chi connectivity index (χ3n) is 2.51. The quantitative estimate of drug-likeness (QED) is 0.618. The highest BCUT2D eigenvalue weighted by molar-refractivity contribution is 5.46. The van der Waals surface area contributed by atoms with Crippen LogP contribution < -0.4 is 9.47 Å². The smallest absolute Gasteiger partial charge is 0.305 e. The van der Waals surface area contributed by atoms with Crippen molar-refractivity contribution in [2.45, 2.75) is 6.92 Å². The maximum absolute atomic E-state index is 10.7. The molecule has 0 aliphatic rings. The van der Waals surface area contributed by atoms with Gasteiger partial charge in [-0.15, -0.1) is 0 Å². The van der Waals surface area contributed by atoms with Gasteiger partial charge in [0, 0.05) is 12.1 Å². The number of nitro groups is 1. The molecule has 0 bridgehead atoms. The van der Waals surface area contributed by atoms with Crippen molar-refractivity contribution in [3.05, 3.63) is 52.2 Å². The highest BCUT2D eigenvalue weighted by Gasteiger charge is 2.16. The number of nitrogens with zero attached hydrogens (tertiary/aromatic N) is 3. The molecule has 1 heterocycles. The van der Waals surface area contributed by atoms with Gasteiger partial charge in [-0.1, -0.05) is 0 Å². The first-order valence-corrected chi connectivity index (χ1v) is 6.10. The van der Waals surface area contributed by atoms with Gasteiger partial charge in [-0.2, -0.15) is 10.2 Å². The number of hydrogen-bond acceptors (Lipinski definition) is 6. The second-order valence-electron chi connectivity index (χ2n) is 3.89. The van der Waals surface area contributed by atoms with Crippen LogP contribution in [-0.2, 0) is 0 Å². The standard InChI is InChI=1S/C14H11N3O4/c1-2-20-10-3-5-11(6-4-10)21-14-8-7-13(17(18)19)12(9-15)16-14/h3-8H,2H2,1H3. The van der Waals surface area contributed by atoms with E-state index in [1.165, 1.54) is 12.1 Å². The minimum atomic E-state index is -0.661. The average Bonchev–Trinajstić information content (AvgIpc) is 2.49. The number of hydrogen-bond donors (Lipinski definition) is 0. The number of rotatable bonds is 5. The summed E-state index contributed by atoms with van der Waals surface area (Å²) in [4.78, 5) is 13.9. The maximum Gasteiger partial charge on any atom is 0.305 e. The van der Waals surface area contributed by atoms with Crippen LogP contribution >= 0.6 is 0 Å². The molecule has 1 aromatic carbocycles. The van der Waals surface area contributed by atoms with E-state index in [9.17, 15) is 10.1 Å². The Hall–Kier alpha value is -3.14. The molecule has 0 radical (unpaired) electrons. The Morgan fingerprint density at radius 3 is 2.48 bits per heavy atom. The second-order valence-corrected chi connectivity index (χ2v) is 3.89. The molecule has 2 rings (SSSR count). The zero-order chi connectivity index (χ0) is 15.2. The Morgan fingerprint density at radius 2 is 1.90 bits per heavy atom. The van der Waals surface area contributed by atoms with E-state index >= 15 is 0 Å². The fourth-order valence-electron chi connectivity index (χ4n) is 1.61. The van der Waals surface area contributed by atoms with Gasteiger partial charge in [0.1, 0.15) is 17.6 Å². The SMILES string of the molecule is CCOc1ccc(Oc2ccc([N+](=O)[O-])c(C#N)n2)cc1. The molecule has 21 heavy (non-hydrogen) atoms. The normalized spacial score (nSPS) is 9.71. The van der Waals surface area contributed by atoms with Gasteiger partial charge >= 0.3 is 5.69 Å². The van der Waals surface area contributed by atoms with Crippen LogP contribution in [0, 0.1) is 21.4 Å². The third-order valence-corrected chi connectivity index (χ3v) is 2.51. The number of aromatic nitrogens is 1. The highest BCUT2D eigenvalue weighted by Crippen LogP contribution is 2.25. The summed E-state index contributed by atoms with van der Waals surface area (Å²) in [7, 11) is 0. The first-order chi connectivity index (χ1) is 10.1. The monoisotopic (exact) mass is 285 g/mol.